The molecule has 0 aliphatic rings. The molecule has 1 rings (SSSR count). The fourth-order valence-electron chi connectivity index (χ4n) is 1.52. The zero-order valence-electron chi connectivity index (χ0n) is 11.0. The minimum absolute atomic E-state index is 0.0408. The van der Waals surface area contributed by atoms with E-state index in [1.165, 1.54) is 6.07 Å². The first-order chi connectivity index (χ1) is 7.91. The highest BCUT2D eigenvalue weighted by molar-refractivity contribution is 5.94. The smallest absolute Gasteiger partial charge is 0.253 e. The Hall–Kier alpha value is -1.51. The summed E-state index contributed by atoms with van der Waals surface area (Å²) >= 11 is 0. The molecule has 3 heteroatoms. The van der Waals surface area contributed by atoms with E-state index in [4.69, 9.17) is 0 Å². The molecule has 3 nitrogen and oxygen atoms in total. The Morgan fingerprint density at radius 1 is 1.41 bits per heavy atom. The lowest BCUT2D eigenvalue weighted by Gasteiger charge is -2.18. The molecule has 1 amide bonds. The van der Waals surface area contributed by atoms with Crippen molar-refractivity contribution in [3.8, 4) is 5.75 Å². The highest BCUT2D eigenvalue weighted by atomic mass is 16.3. The molecule has 0 aromatic heterocycles. The van der Waals surface area contributed by atoms with Crippen molar-refractivity contribution >= 4 is 5.91 Å². The van der Waals surface area contributed by atoms with Crippen molar-refractivity contribution in [2.45, 2.75) is 27.2 Å². The van der Waals surface area contributed by atoms with Crippen LogP contribution in [0.25, 0.3) is 0 Å². The zero-order chi connectivity index (χ0) is 13.0. The Morgan fingerprint density at radius 3 is 2.59 bits per heavy atom. The van der Waals surface area contributed by atoms with Gasteiger partial charge in [0.05, 0.1) is 0 Å². The van der Waals surface area contributed by atoms with Gasteiger partial charge in [0, 0.05) is 19.2 Å². The number of benzene rings is 1. The van der Waals surface area contributed by atoms with Gasteiger partial charge in [-0.1, -0.05) is 19.9 Å². The number of phenols is 1. The molecule has 0 heterocycles. The molecule has 0 saturated carbocycles. The summed E-state index contributed by atoms with van der Waals surface area (Å²) in [5.41, 5.74) is 1.32. The first kappa shape index (κ1) is 13.6. The van der Waals surface area contributed by atoms with E-state index in [0.29, 0.717) is 11.5 Å². The van der Waals surface area contributed by atoms with Crippen LogP contribution in [-0.4, -0.2) is 29.5 Å². The number of carbonyl (C=O) groups is 1. The van der Waals surface area contributed by atoms with Crippen molar-refractivity contribution in [2.75, 3.05) is 13.6 Å². The van der Waals surface area contributed by atoms with Crippen LogP contribution in [0.4, 0.5) is 0 Å². The zero-order valence-corrected chi connectivity index (χ0v) is 11.0. The number of aromatic hydroxyl groups is 1. The third-order valence-electron chi connectivity index (χ3n) is 2.84. The van der Waals surface area contributed by atoms with Crippen molar-refractivity contribution in [1.82, 2.24) is 4.90 Å². The largest absolute Gasteiger partial charge is 0.508 e. The number of hydrogen-bond donors (Lipinski definition) is 1. The average molecular weight is 235 g/mol. The second-order valence-electron chi connectivity index (χ2n) is 4.91. The minimum atomic E-state index is -0.0408. The van der Waals surface area contributed by atoms with Gasteiger partial charge in [0.1, 0.15) is 5.75 Å². The summed E-state index contributed by atoms with van der Waals surface area (Å²) in [5.74, 6) is 0.714. The number of nitrogens with zero attached hydrogens (tertiary/aromatic N) is 1. The Morgan fingerprint density at radius 2 is 2.06 bits per heavy atom. The molecule has 1 aromatic carbocycles. The lowest BCUT2D eigenvalue weighted by Crippen LogP contribution is -2.28. The lowest BCUT2D eigenvalue weighted by atomic mass is 10.1. The Labute approximate surface area is 103 Å². The monoisotopic (exact) mass is 235 g/mol. The Kier molecular flexibility index (Phi) is 4.55. The molecule has 0 aliphatic carbocycles. The maximum absolute atomic E-state index is 12.0. The van der Waals surface area contributed by atoms with Crippen molar-refractivity contribution in [3.63, 3.8) is 0 Å². The van der Waals surface area contributed by atoms with Crippen LogP contribution >= 0.6 is 0 Å². The van der Waals surface area contributed by atoms with Gasteiger partial charge in [-0.05, 0) is 37.0 Å². The second-order valence-corrected chi connectivity index (χ2v) is 4.91. The molecular weight excluding hydrogens is 214 g/mol. The number of aryl methyl sites for hydroxylation is 1. The summed E-state index contributed by atoms with van der Waals surface area (Å²) in [6, 6.07) is 5.05. The van der Waals surface area contributed by atoms with E-state index < -0.39 is 0 Å². The first-order valence-electron chi connectivity index (χ1n) is 5.97. The van der Waals surface area contributed by atoms with Crippen LogP contribution in [0.15, 0.2) is 18.2 Å². The van der Waals surface area contributed by atoms with Crippen LogP contribution in [0.5, 0.6) is 5.75 Å². The first-order valence-corrected chi connectivity index (χ1v) is 5.97. The third-order valence-corrected chi connectivity index (χ3v) is 2.84. The van der Waals surface area contributed by atoms with E-state index in [2.05, 4.69) is 13.8 Å². The van der Waals surface area contributed by atoms with Gasteiger partial charge in [-0.2, -0.15) is 0 Å². The van der Waals surface area contributed by atoms with Crippen LogP contribution in [0.2, 0.25) is 0 Å². The van der Waals surface area contributed by atoms with Crippen LogP contribution in [0, 0.1) is 12.8 Å². The molecule has 0 unspecified atom stereocenters. The standard InChI is InChI=1S/C14H21NO2/c1-10(2)7-8-15(4)14(17)12-6-5-11(3)13(16)9-12/h5-6,9-10,16H,7-8H2,1-4H3. The van der Waals surface area contributed by atoms with E-state index in [1.807, 2.05) is 6.92 Å². The summed E-state index contributed by atoms with van der Waals surface area (Å²) in [6.07, 6.45) is 0.986. The van der Waals surface area contributed by atoms with Gasteiger partial charge in [-0.25, -0.2) is 0 Å². The second kappa shape index (κ2) is 5.71. The Bertz CT molecular complexity index is 399. The van der Waals surface area contributed by atoms with Gasteiger partial charge >= 0.3 is 0 Å². The average Bonchev–Trinajstić information content (AvgIpc) is 2.28. The lowest BCUT2D eigenvalue weighted by molar-refractivity contribution is 0.0788. The van der Waals surface area contributed by atoms with Crippen molar-refractivity contribution < 1.29 is 9.90 Å². The highest BCUT2D eigenvalue weighted by Gasteiger charge is 2.12. The van der Waals surface area contributed by atoms with Crippen molar-refractivity contribution in [1.29, 1.82) is 0 Å². The molecular formula is C14H21NO2. The molecule has 0 spiro atoms. The van der Waals surface area contributed by atoms with Gasteiger partial charge in [0.15, 0.2) is 0 Å². The molecule has 94 valence electrons. The molecule has 0 atom stereocenters. The third kappa shape index (κ3) is 3.77. The number of phenolic OH excluding ortho intramolecular Hbond substituents is 1. The summed E-state index contributed by atoms with van der Waals surface area (Å²) in [7, 11) is 1.79. The number of amides is 1. The number of rotatable bonds is 4. The fraction of sp³-hybridized carbons (Fsp3) is 0.500. The van der Waals surface area contributed by atoms with Gasteiger partial charge in [0.25, 0.3) is 5.91 Å². The molecule has 1 aromatic rings. The SMILES string of the molecule is Cc1ccc(C(=O)N(C)CCC(C)C)cc1O. The molecule has 0 bridgehead atoms. The molecule has 0 aliphatic heterocycles. The van der Waals surface area contributed by atoms with E-state index in [0.717, 1.165) is 18.5 Å². The number of hydrogen-bond acceptors (Lipinski definition) is 2. The predicted octanol–water partition coefficient (Wildman–Crippen LogP) is 2.82. The minimum Gasteiger partial charge on any atom is -0.508 e. The van der Waals surface area contributed by atoms with Crippen LogP contribution in [-0.2, 0) is 0 Å². The van der Waals surface area contributed by atoms with Gasteiger partial charge in [-0.3, -0.25) is 4.79 Å². The quantitative estimate of drug-likeness (QED) is 0.871. The van der Waals surface area contributed by atoms with Gasteiger partial charge in [-0.15, -0.1) is 0 Å². The van der Waals surface area contributed by atoms with E-state index in [-0.39, 0.29) is 11.7 Å². The van der Waals surface area contributed by atoms with Crippen LogP contribution < -0.4 is 0 Å². The van der Waals surface area contributed by atoms with Crippen LogP contribution in [0.3, 0.4) is 0 Å². The van der Waals surface area contributed by atoms with Crippen LogP contribution in [0.1, 0.15) is 36.2 Å². The highest BCUT2D eigenvalue weighted by Crippen LogP contribution is 2.18. The van der Waals surface area contributed by atoms with Crippen molar-refractivity contribution in [2.24, 2.45) is 5.92 Å². The van der Waals surface area contributed by atoms with E-state index in [1.54, 1.807) is 24.1 Å². The fourth-order valence-corrected chi connectivity index (χ4v) is 1.52. The summed E-state index contributed by atoms with van der Waals surface area (Å²) in [5, 5.41) is 9.58. The molecule has 0 fully saturated rings. The molecule has 1 N–H and O–H groups in total. The molecule has 17 heavy (non-hydrogen) atoms. The van der Waals surface area contributed by atoms with E-state index >= 15 is 0 Å². The predicted molar refractivity (Wildman–Crippen MR) is 69.3 cm³/mol. The molecule has 0 radical (unpaired) electrons. The maximum Gasteiger partial charge on any atom is 0.253 e. The topological polar surface area (TPSA) is 40.5 Å². The Balaban J connectivity index is 2.71. The maximum atomic E-state index is 12.0. The summed E-state index contributed by atoms with van der Waals surface area (Å²) < 4.78 is 0. The summed E-state index contributed by atoms with van der Waals surface area (Å²) in [6.45, 7) is 6.82. The summed E-state index contributed by atoms with van der Waals surface area (Å²) in [4.78, 5) is 13.7. The van der Waals surface area contributed by atoms with Gasteiger partial charge in [0.2, 0.25) is 0 Å². The van der Waals surface area contributed by atoms with Gasteiger partial charge < -0.3 is 10.0 Å². The van der Waals surface area contributed by atoms with Crippen molar-refractivity contribution in [3.05, 3.63) is 29.3 Å². The number of carbonyl (C=O) groups excluding carboxylic acids is 1. The van der Waals surface area contributed by atoms with E-state index in [9.17, 15) is 9.90 Å². The normalized spacial score (nSPS) is 10.6. The molecule has 0 saturated heterocycles.